The molecule has 0 aliphatic carbocycles. The van der Waals surface area contributed by atoms with Crippen LogP contribution in [0.25, 0.3) is 0 Å². The van der Waals surface area contributed by atoms with Crippen molar-refractivity contribution in [3.8, 4) is 0 Å². The van der Waals surface area contributed by atoms with Gasteiger partial charge >= 0.3 is 5.97 Å². The highest BCUT2D eigenvalue weighted by atomic mass is 16.5. The molecule has 0 aromatic rings. The predicted octanol–water partition coefficient (Wildman–Crippen LogP) is 0.956. The Morgan fingerprint density at radius 1 is 1.43 bits per heavy atom. The van der Waals surface area contributed by atoms with Crippen LogP contribution in [0.5, 0.6) is 0 Å². The molecule has 0 radical (unpaired) electrons. The number of esters is 1. The summed E-state index contributed by atoms with van der Waals surface area (Å²) in [6.45, 7) is 7.89. The quantitative estimate of drug-likeness (QED) is 0.548. The van der Waals surface area contributed by atoms with Crippen molar-refractivity contribution in [2.45, 2.75) is 26.7 Å². The number of unbranched alkanes of at least 4 members (excludes halogenated alkanes) is 1. The third-order valence-electron chi connectivity index (χ3n) is 1.65. The molecule has 1 saturated heterocycles. The van der Waals surface area contributed by atoms with Gasteiger partial charge in [-0.1, -0.05) is 13.3 Å². The van der Waals surface area contributed by atoms with E-state index in [9.17, 15) is 4.79 Å². The molecule has 4 nitrogen and oxygen atoms in total. The second-order valence-corrected chi connectivity index (χ2v) is 3.06. The molecule has 4 heteroatoms. The molecule has 84 valence electrons. The average Bonchev–Trinajstić information content (AvgIpc) is 2.21. The summed E-state index contributed by atoms with van der Waals surface area (Å²) >= 11 is 0. The number of carbonyl (C=O) groups excluding carboxylic acids is 1. The van der Waals surface area contributed by atoms with Gasteiger partial charge in [0.05, 0.1) is 19.8 Å². The standard InChI is InChI=1S/C6H12O2.C4H9NO/c1-3-4-5-8-6(2)7;1-3-6-4-2-5-1/h3-5H2,1-2H3;5H,1-4H2. The smallest absolute Gasteiger partial charge is 0.302 e. The van der Waals surface area contributed by atoms with Gasteiger partial charge in [0.15, 0.2) is 0 Å². The van der Waals surface area contributed by atoms with Gasteiger partial charge < -0.3 is 14.8 Å². The van der Waals surface area contributed by atoms with Crippen LogP contribution in [0.1, 0.15) is 26.7 Å². The topological polar surface area (TPSA) is 47.6 Å². The predicted molar refractivity (Wildman–Crippen MR) is 55.2 cm³/mol. The molecular weight excluding hydrogens is 182 g/mol. The number of hydrogen-bond acceptors (Lipinski definition) is 4. The lowest BCUT2D eigenvalue weighted by Gasteiger charge is -2.10. The van der Waals surface area contributed by atoms with E-state index >= 15 is 0 Å². The van der Waals surface area contributed by atoms with E-state index in [-0.39, 0.29) is 5.97 Å². The zero-order valence-corrected chi connectivity index (χ0v) is 9.17. The van der Waals surface area contributed by atoms with E-state index in [0.717, 1.165) is 39.1 Å². The first-order valence-electron chi connectivity index (χ1n) is 5.19. The third kappa shape index (κ3) is 11.4. The number of morpholine rings is 1. The summed E-state index contributed by atoms with van der Waals surface area (Å²) in [7, 11) is 0. The average molecular weight is 203 g/mol. The van der Waals surface area contributed by atoms with E-state index < -0.39 is 0 Å². The van der Waals surface area contributed by atoms with Gasteiger partial charge in [-0.15, -0.1) is 0 Å². The van der Waals surface area contributed by atoms with Crippen molar-refractivity contribution >= 4 is 5.97 Å². The molecule has 0 saturated carbocycles. The molecule has 0 amide bonds. The number of hydrogen-bond donors (Lipinski definition) is 1. The molecule has 0 spiro atoms. The van der Waals surface area contributed by atoms with E-state index in [1.165, 1.54) is 6.92 Å². The summed E-state index contributed by atoms with van der Waals surface area (Å²) in [5.74, 6) is -0.182. The summed E-state index contributed by atoms with van der Waals surface area (Å²) in [6.07, 6.45) is 2.05. The molecule has 0 atom stereocenters. The Hall–Kier alpha value is -0.610. The molecule has 0 bridgehead atoms. The first kappa shape index (κ1) is 13.4. The monoisotopic (exact) mass is 203 g/mol. The molecule has 1 heterocycles. The number of rotatable bonds is 3. The first-order valence-corrected chi connectivity index (χ1v) is 5.19. The highest BCUT2D eigenvalue weighted by Crippen LogP contribution is 1.86. The maximum Gasteiger partial charge on any atom is 0.302 e. The van der Waals surface area contributed by atoms with Gasteiger partial charge in [-0.3, -0.25) is 4.79 Å². The van der Waals surface area contributed by atoms with Gasteiger partial charge in [-0.05, 0) is 6.42 Å². The largest absolute Gasteiger partial charge is 0.466 e. The van der Waals surface area contributed by atoms with Crippen molar-refractivity contribution in [1.29, 1.82) is 0 Å². The summed E-state index contributed by atoms with van der Waals surface area (Å²) in [5, 5.41) is 3.16. The molecule has 1 rings (SSSR count). The van der Waals surface area contributed by atoms with Gasteiger partial charge in [-0.25, -0.2) is 0 Å². The number of carbonyl (C=O) groups is 1. The fourth-order valence-corrected chi connectivity index (χ4v) is 0.876. The van der Waals surface area contributed by atoms with Crippen LogP contribution in [-0.4, -0.2) is 38.9 Å². The Morgan fingerprint density at radius 3 is 2.36 bits per heavy atom. The van der Waals surface area contributed by atoms with Crippen molar-refractivity contribution in [1.82, 2.24) is 5.32 Å². The lowest BCUT2D eigenvalue weighted by molar-refractivity contribution is -0.141. The molecular formula is C10H21NO3. The fraction of sp³-hybridized carbons (Fsp3) is 0.900. The Morgan fingerprint density at radius 2 is 2.07 bits per heavy atom. The van der Waals surface area contributed by atoms with Crippen molar-refractivity contribution in [3.05, 3.63) is 0 Å². The van der Waals surface area contributed by atoms with Crippen LogP contribution in [-0.2, 0) is 14.3 Å². The maximum absolute atomic E-state index is 10.1. The Bertz CT molecular complexity index is 124. The minimum absolute atomic E-state index is 0.182. The van der Waals surface area contributed by atoms with E-state index in [2.05, 4.69) is 17.0 Å². The Balaban J connectivity index is 0.000000249. The summed E-state index contributed by atoms with van der Waals surface area (Å²) in [5.41, 5.74) is 0. The van der Waals surface area contributed by atoms with Crippen LogP contribution in [0, 0.1) is 0 Å². The van der Waals surface area contributed by atoms with E-state index in [1.807, 2.05) is 0 Å². The maximum atomic E-state index is 10.1. The van der Waals surface area contributed by atoms with Crippen molar-refractivity contribution in [2.24, 2.45) is 0 Å². The van der Waals surface area contributed by atoms with Gasteiger partial charge in [0.1, 0.15) is 0 Å². The Labute approximate surface area is 86.0 Å². The number of nitrogens with one attached hydrogen (secondary N) is 1. The highest BCUT2D eigenvalue weighted by molar-refractivity contribution is 5.65. The molecule has 0 unspecified atom stereocenters. The highest BCUT2D eigenvalue weighted by Gasteiger charge is 1.93. The SMILES string of the molecule is C1COCCN1.CCCCOC(C)=O. The summed E-state index contributed by atoms with van der Waals surface area (Å²) < 4.78 is 9.65. The summed E-state index contributed by atoms with van der Waals surface area (Å²) in [6, 6.07) is 0. The van der Waals surface area contributed by atoms with Crippen LogP contribution in [0.4, 0.5) is 0 Å². The normalized spacial score (nSPS) is 15.3. The first-order chi connectivity index (χ1) is 6.77. The van der Waals surface area contributed by atoms with Gasteiger partial charge in [-0.2, -0.15) is 0 Å². The van der Waals surface area contributed by atoms with Crippen molar-refractivity contribution in [3.63, 3.8) is 0 Å². The van der Waals surface area contributed by atoms with Crippen LogP contribution >= 0.6 is 0 Å². The van der Waals surface area contributed by atoms with E-state index in [1.54, 1.807) is 0 Å². The van der Waals surface area contributed by atoms with Gasteiger partial charge in [0.2, 0.25) is 0 Å². The fourth-order valence-electron chi connectivity index (χ4n) is 0.876. The molecule has 1 aliphatic heterocycles. The van der Waals surface area contributed by atoms with E-state index in [0.29, 0.717) is 6.61 Å². The lowest BCUT2D eigenvalue weighted by Crippen LogP contribution is -2.30. The minimum Gasteiger partial charge on any atom is -0.466 e. The molecule has 14 heavy (non-hydrogen) atoms. The van der Waals surface area contributed by atoms with Crippen LogP contribution in [0.3, 0.4) is 0 Å². The van der Waals surface area contributed by atoms with E-state index in [4.69, 9.17) is 4.74 Å². The second-order valence-electron chi connectivity index (χ2n) is 3.06. The van der Waals surface area contributed by atoms with Crippen LogP contribution < -0.4 is 5.32 Å². The number of ether oxygens (including phenoxy) is 2. The summed E-state index contributed by atoms with van der Waals surface area (Å²) in [4.78, 5) is 10.1. The minimum atomic E-state index is -0.182. The van der Waals surface area contributed by atoms with Gasteiger partial charge in [0.25, 0.3) is 0 Å². The molecule has 1 fully saturated rings. The van der Waals surface area contributed by atoms with Crippen LogP contribution in [0.2, 0.25) is 0 Å². The second kappa shape index (κ2) is 10.5. The molecule has 0 aromatic heterocycles. The van der Waals surface area contributed by atoms with Crippen molar-refractivity contribution < 1.29 is 14.3 Å². The van der Waals surface area contributed by atoms with Gasteiger partial charge in [0, 0.05) is 20.0 Å². The third-order valence-corrected chi connectivity index (χ3v) is 1.65. The van der Waals surface area contributed by atoms with Crippen LogP contribution in [0.15, 0.2) is 0 Å². The van der Waals surface area contributed by atoms with Crippen molar-refractivity contribution in [2.75, 3.05) is 32.9 Å². The molecule has 1 N–H and O–H groups in total. The Kier molecular flexibility index (Phi) is 10.0. The lowest BCUT2D eigenvalue weighted by atomic mass is 10.4. The zero-order chi connectivity index (χ0) is 10.6. The molecule has 0 aromatic carbocycles. The molecule has 1 aliphatic rings. The zero-order valence-electron chi connectivity index (χ0n) is 9.17.